The second kappa shape index (κ2) is 9.58. The highest BCUT2D eigenvalue weighted by molar-refractivity contribution is 6.04. The van der Waals surface area contributed by atoms with E-state index in [-0.39, 0.29) is 29.3 Å². The first-order valence-corrected chi connectivity index (χ1v) is 10.5. The molecule has 0 spiro atoms. The number of aliphatic carboxylic acids is 1. The number of carbonyl (C=O) groups is 2. The molecule has 8 nitrogen and oxygen atoms in total. The molecular formula is C26H24N2O6. The van der Waals surface area contributed by atoms with Gasteiger partial charge in [-0.1, -0.05) is 42.5 Å². The number of benzene rings is 3. The SMILES string of the molecule is COC(=O)C1=C(C(=O)O)N(c2ccccc2)C(c2ccc(O)c(OC)c2)N(c2ccccc2)C1. The molecule has 0 bridgehead atoms. The van der Waals surface area contributed by atoms with Crippen LogP contribution in [0.15, 0.2) is 90.1 Å². The van der Waals surface area contributed by atoms with Crippen LogP contribution in [-0.2, 0) is 14.3 Å². The molecule has 0 saturated carbocycles. The summed E-state index contributed by atoms with van der Waals surface area (Å²) in [5, 5.41) is 20.4. The number of phenols is 1. The third-order valence-electron chi connectivity index (χ3n) is 5.65. The number of hydrogen-bond donors (Lipinski definition) is 2. The van der Waals surface area contributed by atoms with E-state index in [9.17, 15) is 19.8 Å². The maximum absolute atomic E-state index is 12.8. The minimum atomic E-state index is -1.26. The molecule has 0 aromatic heterocycles. The molecular weight excluding hydrogens is 436 g/mol. The summed E-state index contributed by atoms with van der Waals surface area (Å²) >= 11 is 0. The zero-order valence-electron chi connectivity index (χ0n) is 18.7. The maximum atomic E-state index is 12.8. The summed E-state index contributed by atoms with van der Waals surface area (Å²) in [4.78, 5) is 28.9. The molecule has 3 aromatic carbocycles. The van der Waals surface area contributed by atoms with Gasteiger partial charge in [0, 0.05) is 11.4 Å². The van der Waals surface area contributed by atoms with Crippen molar-refractivity contribution in [3.05, 3.63) is 95.7 Å². The van der Waals surface area contributed by atoms with E-state index in [1.807, 2.05) is 41.3 Å². The molecule has 3 aromatic rings. The maximum Gasteiger partial charge on any atom is 0.353 e. The van der Waals surface area contributed by atoms with Gasteiger partial charge < -0.3 is 29.5 Å². The second-order valence-electron chi connectivity index (χ2n) is 7.60. The van der Waals surface area contributed by atoms with Gasteiger partial charge in [0.25, 0.3) is 0 Å². The van der Waals surface area contributed by atoms with Crippen LogP contribution in [0.25, 0.3) is 0 Å². The third kappa shape index (κ3) is 4.13. The van der Waals surface area contributed by atoms with Gasteiger partial charge in [-0.2, -0.15) is 0 Å². The molecule has 1 aliphatic heterocycles. The predicted octanol–water partition coefficient (Wildman–Crippen LogP) is 3.94. The number of hydrogen-bond acceptors (Lipinski definition) is 7. The second-order valence-corrected chi connectivity index (χ2v) is 7.60. The van der Waals surface area contributed by atoms with E-state index in [4.69, 9.17) is 9.47 Å². The highest BCUT2D eigenvalue weighted by Gasteiger charge is 2.42. The Morgan fingerprint density at radius 2 is 1.53 bits per heavy atom. The standard InChI is InChI=1S/C26H24N2O6/c1-33-22-15-17(13-14-21(22)29)24-27(18-9-5-3-6-10-18)16-20(26(32)34-2)23(25(30)31)28(24)19-11-7-4-8-12-19/h3-15,24,29H,16H2,1-2H3,(H,30,31). The zero-order valence-corrected chi connectivity index (χ0v) is 18.7. The number of carboxylic acids is 1. The first kappa shape index (κ1) is 22.7. The van der Waals surface area contributed by atoms with Crippen molar-refractivity contribution in [3.8, 4) is 11.5 Å². The number of para-hydroxylation sites is 2. The van der Waals surface area contributed by atoms with E-state index in [1.165, 1.54) is 20.3 Å². The van der Waals surface area contributed by atoms with E-state index >= 15 is 0 Å². The molecule has 0 aliphatic carbocycles. The molecule has 0 radical (unpaired) electrons. The first-order valence-electron chi connectivity index (χ1n) is 10.5. The van der Waals surface area contributed by atoms with Gasteiger partial charge in [0.15, 0.2) is 11.5 Å². The number of carboxylic acid groups (broad SMARTS) is 1. The molecule has 34 heavy (non-hydrogen) atoms. The quantitative estimate of drug-likeness (QED) is 0.534. The van der Waals surface area contributed by atoms with E-state index in [0.29, 0.717) is 11.3 Å². The predicted molar refractivity (Wildman–Crippen MR) is 127 cm³/mol. The molecule has 8 heteroatoms. The van der Waals surface area contributed by atoms with Gasteiger partial charge in [-0.15, -0.1) is 0 Å². The number of methoxy groups -OCH3 is 2. The fourth-order valence-corrected chi connectivity index (χ4v) is 4.15. The fraction of sp³-hybridized carbons (Fsp3) is 0.154. The molecule has 2 N–H and O–H groups in total. The van der Waals surface area contributed by atoms with Crippen molar-refractivity contribution in [1.29, 1.82) is 0 Å². The lowest BCUT2D eigenvalue weighted by Gasteiger charge is -2.46. The molecule has 1 atom stereocenters. The van der Waals surface area contributed by atoms with Gasteiger partial charge in [0.2, 0.25) is 0 Å². The molecule has 0 saturated heterocycles. The van der Waals surface area contributed by atoms with Crippen LogP contribution >= 0.6 is 0 Å². The van der Waals surface area contributed by atoms with Crippen molar-refractivity contribution in [2.45, 2.75) is 6.17 Å². The Bertz CT molecular complexity index is 1230. The highest BCUT2D eigenvalue weighted by atomic mass is 16.5. The number of carbonyl (C=O) groups excluding carboxylic acids is 1. The van der Waals surface area contributed by atoms with Crippen LogP contribution in [0.2, 0.25) is 0 Å². The van der Waals surface area contributed by atoms with Crippen molar-refractivity contribution in [2.24, 2.45) is 0 Å². The average molecular weight is 460 g/mol. The number of aromatic hydroxyl groups is 1. The summed E-state index contributed by atoms with van der Waals surface area (Å²) in [6.07, 6.45) is -0.682. The van der Waals surface area contributed by atoms with Crippen molar-refractivity contribution in [3.63, 3.8) is 0 Å². The number of ether oxygens (including phenoxy) is 2. The lowest BCUT2D eigenvalue weighted by atomic mass is 9.99. The molecule has 1 heterocycles. The minimum absolute atomic E-state index is 0.00445. The monoisotopic (exact) mass is 460 g/mol. The molecule has 0 amide bonds. The van der Waals surface area contributed by atoms with Gasteiger partial charge >= 0.3 is 11.9 Å². The largest absolute Gasteiger partial charge is 0.504 e. The van der Waals surface area contributed by atoms with Crippen LogP contribution in [0.1, 0.15) is 11.7 Å². The summed E-state index contributed by atoms with van der Waals surface area (Å²) < 4.78 is 10.3. The van der Waals surface area contributed by atoms with E-state index in [1.54, 1.807) is 41.3 Å². The molecule has 4 rings (SSSR count). The van der Waals surface area contributed by atoms with Crippen LogP contribution < -0.4 is 14.5 Å². The summed E-state index contributed by atoms with van der Waals surface area (Å²) in [6.45, 7) is -0.00445. The van der Waals surface area contributed by atoms with Crippen molar-refractivity contribution >= 4 is 23.3 Å². The Kier molecular flexibility index (Phi) is 6.40. The number of phenolic OH excluding ortho intramolecular Hbond substituents is 1. The van der Waals surface area contributed by atoms with Gasteiger partial charge in [-0.3, -0.25) is 0 Å². The van der Waals surface area contributed by atoms with Gasteiger partial charge in [0.05, 0.1) is 26.3 Å². The van der Waals surface area contributed by atoms with Crippen molar-refractivity contribution < 1.29 is 29.3 Å². The Morgan fingerprint density at radius 1 is 0.912 bits per heavy atom. The van der Waals surface area contributed by atoms with E-state index in [0.717, 1.165) is 5.69 Å². The number of esters is 1. The van der Waals surface area contributed by atoms with Crippen molar-refractivity contribution in [1.82, 2.24) is 0 Å². The molecule has 0 fully saturated rings. The lowest BCUT2D eigenvalue weighted by molar-refractivity contribution is -0.138. The number of nitrogens with zero attached hydrogens (tertiary/aromatic N) is 2. The third-order valence-corrected chi connectivity index (χ3v) is 5.65. The van der Waals surface area contributed by atoms with Crippen LogP contribution in [0.5, 0.6) is 11.5 Å². The Hall–Kier alpha value is -4.46. The van der Waals surface area contributed by atoms with Gasteiger partial charge in [-0.25, -0.2) is 9.59 Å². The Balaban J connectivity index is 2.04. The molecule has 1 aliphatic rings. The first-order chi connectivity index (χ1) is 16.5. The van der Waals surface area contributed by atoms with E-state index < -0.39 is 18.1 Å². The Morgan fingerprint density at radius 3 is 2.09 bits per heavy atom. The summed E-state index contributed by atoms with van der Waals surface area (Å²) in [6, 6.07) is 23.2. The topological polar surface area (TPSA) is 99.5 Å². The average Bonchev–Trinajstić information content (AvgIpc) is 2.88. The zero-order chi connectivity index (χ0) is 24.2. The molecule has 1 unspecified atom stereocenters. The van der Waals surface area contributed by atoms with Crippen LogP contribution in [0.3, 0.4) is 0 Å². The fourth-order valence-electron chi connectivity index (χ4n) is 4.15. The smallest absolute Gasteiger partial charge is 0.353 e. The number of anilines is 2. The van der Waals surface area contributed by atoms with Crippen LogP contribution in [0, 0.1) is 0 Å². The summed E-state index contributed by atoms with van der Waals surface area (Å²) in [5.41, 5.74) is 1.84. The Labute approximate surface area is 196 Å². The van der Waals surface area contributed by atoms with Crippen LogP contribution in [-0.4, -0.2) is 42.9 Å². The summed E-state index contributed by atoms with van der Waals surface area (Å²) in [7, 11) is 2.67. The number of rotatable bonds is 6. The van der Waals surface area contributed by atoms with Crippen LogP contribution in [0.4, 0.5) is 11.4 Å². The minimum Gasteiger partial charge on any atom is -0.504 e. The van der Waals surface area contributed by atoms with Crippen molar-refractivity contribution in [2.75, 3.05) is 30.6 Å². The summed E-state index contributed by atoms with van der Waals surface area (Å²) in [5.74, 6) is -1.77. The van der Waals surface area contributed by atoms with Gasteiger partial charge in [-0.05, 0) is 42.0 Å². The highest BCUT2D eigenvalue weighted by Crippen LogP contribution is 2.43. The normalized spacial score (nSPS) is 15.8. The van der Waals surface area contributed by atoms with E-state index in [2.05, 4.69) is 0 Å². The molecule has 174 valence electrons. The lowest BCUT2D eigenvalue weighted by Crippen LogP contribution is -2.50. The van der Waals surface area contributed by atoms with Gasteiger partial charge in [0.1, 0.15) is 11.9 Å².